The van der Waals surface area contributed by atoms with Crippen molar-refractivity contribution in [2.75, 3.05) is 7.05 Å². The minimum absolute atomic E-state index is 0.0822. The first-order valence-corrected chi connectivity index (χ1v) is 8.29. The molecule has 0 aliphatic rings. The lowest BCUT2D eigenvalue weighted by molar-refractivity contribution is -0.129. The minimum atomic E-state index is -2.86. The van der Waals surface area contributed by atoms with Crippen LogP contribution in [0.3, 0.4) is 0 Å². The predicted octanol–water partition coefficient (Wildman–Crippen LogP) is 4.14. The van der Waals surface area contributed by atoms with Crippen LogP contribution in [0.2, 0.25) is 0 Å². The highest BCUT2D eigenvalue weighted by Gasteiger charge is 2.14. The second-order valence-electron chi connectivity index (χ2n) is 5.96. The molecule has 0 unspecified atom stereocenters. The molecule has 27 heavy (non-hydrogen) atoms. The Balaban J connectivity index is 1.57. The number of amides is 1. The molecule has 7 heteroatoms. The van der Waals surface area contributed by atoms with E-state index < -0.39 is 6.61 Å². The molecule has 0 bridgehead atoms. The van der Waals surface area contributed by atoms with Crippen molar-refractivity contribution in [3.63, 3.8) is 0 Å². The number of carbonyl (C=O) groups excluding carboxylic acids is 1. The number of ether oxygens (including phenoxy) is 1. The number of benzene rings is 2. The molecular formula is C20H18F2N2O3. The average molecular weight is 372 g/mol. The first-order valence-electron chi connectivity index (χ1n) is 8.29. The number of carbonyl (C=O) groups is 1. The average Bonchev–Trinajstić information content (AvgIpc) is 3.12. The molecule has 1 heterocycles. The monoisotopic (exact) mass is 372 g/mol. The van der Waals surface area contributed by atoms with Crippen molar-refractivity contribution < 1.29 is 22.7 Å². The van der Waals surface area contributed by atoms with Crippen molar-refractivity contribution in [3.05, 3.63) is 72.1 Å². The van der Waals surface area contributed by atoms with E-state index in [4.69, 9.17) is 4.42 Å². The molecule has 1 aromatic heterocycles. The normalized spacial score (nSPS) is 10.8. The summed E-state index contributed by atoms with van der Waals surface area (Å²) in [4.78, 5) is 18.3. The zero-order chi connectivity index (χ0) is 19.2. The zero-order valence-corrected chi connectivity index (χ0v) is 14.6. The van der Waals surface area contributed by atoms with Crippen LogP contribution in [0.1, 0.15) is 11.3 Å². The molecule has 140 valence electrons. The maximum atomic E-state index is 12.4. The summed E-state index contributed by atoms with van der Waals surface area (Å²) in [6.45, 7) is -2.51. The number of alkyl halides is 2. The predicted molar refractivity (Wildman–Crippen MR) is 95.2 cm³/mol. The Morgan fingerprint density at radius 3 is 2.52 bits per heavy atom. The van der Waals surface area contributed by atoms with E-state index in [1.54, 1.807) is 24.1 Å². The van der Waals surface area contributed by atoms with Crippen LogP contribution in [0, 0.1) is 0 Å². The highest BCUT2D eigenvalue weighted by atomic mass is 19.3. The van der Waals surface area contributed by atoms with Gasteiger partial charge in [-0.25, -0.2) is 4.98 Å². The largest absolute Gasteiger partial charge is 0.444 e. The highest BCUT2D eigenvalue weighted by molar-refractivity contribution is 5.78. The van der Waals surface area contributed by atoms with Gasteiger partial charge in [0, 0.05) is 19.2 Å². The Kier molecular flexibility index (Phi) is 5.80. The van der Waals surface area contributed by atoms with Gasteiger partial charge in [-0.2, -0.15) is 8.78 Å². The van der Waals surface area contributed by atoms with Gasteiger partial charge in [0.15, 0.2) is 0 Å². The second-order valence-corrected chi connectivity index (χ2v) is 5.96. The smallest absolute Gasteiger partial charge is 0.387 e. The van der Waals surface area contributed by atoms with Gasteiger partial charge >= 0.3 is 6.61 Å². The van der Waals surface area contributed by atoms with Gasteiger partial charge in [0.25, 0.3) is 0 Å². The standard InChI is InChI=1S/C20H18F2N2O3/c1-24(12-14-7-9-17(10-8-14)27-20(21)22)18(25)11-16-13-26-19(23-16)15-5-3-2-4-6-15/h2-10,13,20H,11-12H2,1H3. The first kappa shape index (κ1) is 18.6. The molecule has 0 aliphatic carbocycles. The summed E-state index contributed by atoms with van der Waals surface area (Å²) < 4.78 is 34.1. The summed E-state index contributed by atoms with van der Waals surface area (Å²) in [5, 5.41) is 0. The number of aromatic nitrogens is 1. The van der Waals surface area contributed by atoms with Crippen molar-refractivity contribution in [2.24, 2.45) is 0 Å². The molecule has 0 saturated heterocycles. The molecule has 5 nitrogen and oxygen atoms in total. The fourth-order valence-corrected chi connectivity index (χ4v) is 2.53. The Labute approximate surface area is 155 Å². The Bertz CT molecular complexity index is 880. The third-order valence-electron chi connectivity index (χ3n) is 3.90. The van der Waals surface area contributed by atoms with Crippen LogP contribution in [-0.4, -0.2) is 29.5 Å². The maximum Gasteiger partial charge on any atom is 0.387 e. The van der Waals surface area contributed by atoms with E-state index in [-0.39, 0.29) is 18.1 Å². The topological polar surface area (TPSA) is 55.6 Å². The van der Waals surface area contributed by atoms with Crippen molar-refractivity contribution in [3.8, 4) is 17.2 Å². The number of likely N-dealkylation sites (N-methyl/N-ethyl adjacent to an activating group) is 1. The van der Waals surface area contributed by atoms with Gasteiger partial charge in [-0.3, -0.25) is 4.79 Å². The summed E-state index contributed by atoms with van der Waals surface area (Å²) in [7, 11) is 1.67. The summed E-state index contributed by atoms with van der Waals surface area (Å²) in [5.74, 6) is 0.422. The van der Waals surface area contributed by atoms with E-state index in [1.165, 1.54) is 18.4 Å². The fourth-order valence-electron chi connectivity index (χ4n) is 2.53. The third kappa shape index (κ3) is 5.13. The van der Waals surface area contributed by atoms with Gasteiger partial charge in [0.1, 0.15) is 12.0 Å². The summed E-state index contributed by atoms with van der Waals surface area (Å²) in [5.41, 5.74) is 2.19. The van der Waals surface area contributed by atoms with E-state index in [0.717, 1.165) is 11.1 Å². The van der Waals surface area contributed by atoms with Crippen LogP contribution < -0.4 is 4.74 Å². The molecule has 0 saturated carbocycles. The number of hydrogen-bond donors (Lipinski definition) is 0. The van der Waals surface area contributed by atoms with E-state index in [0.29, 0.717) is 18.1 Å². The first-order chi connectivity index (χ1) is 13.0. The van der Waals surface area contributed by atoms with Crippen LogP contribution in [0.25, 0.3) is 11.5 Å². The van der Waals surface area contributed by atoms with Crippen LogP contribution in [0.5, 0.6) is 5.75 Å². The lowest BCUT2D eigenvalue weighted by atomic mass is 10.2. The van der Waals surface area contributed by atoms with Crippen LogP contribution >= 0.6 is 0 Å². The number of hydrogen-bond acceptors (Lipinski definition) is 4. The van der Waals surface area contributed by atoms with Crippen LogP contribution in [-0.2, 0) is 17.8 Å². The van der Waals surface area contributed by atoms with Crippen LogP contribution in [0.15, 0.2) is 65.3 Å². The van der Waals surface area contributed by atoms with E-state index in [2.05, 4.69) is 9.72 Å². The molecule has 0 N–H and O–H groups in total. The third-order valence-corrected chi connectivity index (χ3v) is 3.90. The number of rotatable bonds is 7. The quantitative estimate of drug-likeness (QED) is 0.625. The molecule has 1 amide bonds. The molecule has 2 aromatic carbocycles. The van der Waals surface area contributed by atoms with Crippen molar-refractivity contribution in [1.82, 2.24) is 9.88 Å². The molecule has 0 atom stereocenters. The number of oxazole rings is 1. The van der Waals surface area contributed by atoms with E-state index >= 15 is 0 Å². The molecule has 0 radical (unpaired) electrons. The van der Waals surface area contributed by atoms with Gasteiger partial charge in [-0.05, 0) is 29.8 Å². The van der Waals surface area contributed by atoms with Crippen molar-refractivity contribution in [1.29, 1.82) is 0 Å². The summed E-state index contributed by atoms with van der Waals surface area (Å²) in [6, 6.07) is 15.6. The Morgan fingerprint density at radius 1 is 1.15 bits per heavy atom. The number of nitrogens with zero attached hydrogens (tertiary/aromatic N) is 2. The lowest BCUT2D eigenvalue weighted by Gasteiger charge is -2.17. The van der Waals surface area contributed by atoms with Gasteiger partial charge in [-0.15, -0.1) is 0 Å². The van der Waals surface area contributed by atoms with E-state index in [1.807, 2.05) is 30.3 Å². The van der Waals surface area contributed by atoms with Gasteiger partial charge < -0.3 is 14.1 Å². The molecule has 0 spiro atoms. The lowest BCUT2D eigenvalue weighted by Crippen LogP contribution is -2.27. The molecule has 0 fully saturated rings. The van der Waals surface area contributed by atoms with E-state index in [9.17, 15) is 13.6 Å². The molecule has 3 rings (SSSR count). The molecule has 3 aromatic rings. The van der Waals surface area contributed by atoms with Gasteiger partial charge in [0.05, 0.1) is 12.1 Å². The zero-order valence-electron chi connectivity index (χ0n) is 14.6. The number of halogens is 2. The summed E-state index contributed by atoms with van der Waals surface area (Å²) >= 11 is 0. The second kappa shape index (κ2) is 8.44. The summed E-state index contributed by atoms with van der Waals surface area (Å²) in [6.07, 6.45) is 1.59. The van der Waals surface area contributed by atoms with Crippen molar-refractivity contribution in [2.45, 2.75) is 19.6 Å². The molecular weight excluding hydrogens is 354 g/mol. The SMILES string of the molecule is CN(Cc1ccc(OC(F)F)cc1)C(=O)Cc1coc(-c2ccccc2)n1. The highest BCUT2D eigenvalue weighted by Crippen LogP contribution is 2.19. The minimum Gasteiger partial charge on any atom is -0.444 e. The Hall–Kier alpha value is -3.22. The van der Waals surface area contributed by atoms with Crippen molar-refractivity contribution >= 4 is 5.91 Å². The Morgan fingerprint density at radius 2 is 1.85 bits per heavy atom. The van der Waals surface area contributed by atoms with Gasteiger partial charge in [0.2, 0.25) is 11.8 Å². The maximum absolute atomic E-state index is 12.4. The van der Waals surface area contributed by atoms with Gasteiger partial charge in [-0.1, -0.05) is 30.3 Å². The van der Waals surface area contributed by atoms with Crippen LogP contribution in [0.4, 0.5) is 8.78 Å². The molecule has 0 aliphatic heterocycles. The fraction of sp³-hybridized carbons (Fsp3) is 0.200.